The second kappa shape index (κ2) is 9.47. The summed E-state index contributed by atoms with van der Waals surface area (Å²) in [6, 6.07) is 7.24. The molecule has 2 N–H and O–H groups in total. The Labute approximate surface area is 211 Å². The van der Waals surface area contributed by atoms with Gasteiger partial charge in [-0.2, -0.15) is 8.42 Å². The molecule has 180 valence electrons. The molecule has 0 unspecified atom stereocenters. The zero-order valence-electron chi connectivity index (χ0n) is 17.5. The van der Waals surface area contributed by atoms with E-state index in [1.54, 1.807) is 24.0 Å². The van der Waals surface area contributed by atoms with Gasteiger partial charge >= 0.3 is 5.97 Å². The number of fused-ring (bicyclic) bond motifs is 1. The molecule has 2 aliphatic rings. The molecule has 3 heterocycles. The van der Waals surface area contributed by atoms with Crippen LogP contribution in [-0.4, -0.2) is 62.6 Å². The van der Waals surface area contributed by atoms with Crippen molar-refractivity contribution < 1.29 is 27.7 Å². The van der Waals surface area contributed by atoms with E-state index in [2.05, 4.69) is 0 Å². The molecular weight excluding hydrogens is 543 g/mol. The Morgan fingerprint density at radius 1 is 1.15 bits per heavy atom. The van der Waals surface area contributed by atoms with Crippen LogP contribution in [0.5, 0.6) is 0 Å². The van der Waals surface area contributed by atoms with Crippen molar-refractivity contribution in [2.75, 3.05) is 23.7 Å². The van der Waals surface area contributed by atoms with E-state index in [4.69, 9.17) is 17.3 Å². The summed E-state index contributed by atoms with van der Waals surface area (Å²) in [4.78, 5) is 41.1. The number of carboxylic acid groups (broad SMARTS) is 1. The second-order valence-electron chi connectivity index (χ2n) is 7.08. The van der Waals surface area contributed by atoms with Crippen molar-refractivity contribution in [3.05, 3.63) is 43.8 Å². The lowest BCUT2D eigenvalue weighted by atomic mass is 10.3. The number of benzene rings is 1. The number of thiazole rings is 1. The van der Waals surface area contributed by atoms with Crippen molar-refractivity contribution in [3.8, 4) is 0 Å². The van der Waals surface area contributed by atoms with E-state index >= 15 is 0 Å². The number of anilines is 1. The quantitative estimate of drug-likeness (QED) is 0.379. The number of amides is 1. The molecule has 0 radical (unpaired) electrons. The number of nitrogens with zero attached hydrogens (tertiary/aromatic N) is 3. The van der Waals surface area contributed by atoms with Gasteiger partial charge in [-0.3, -0.25) is 28.4 Å². The van der Waals surface area contributed by atoms with Crippen molar-refractivity contribution in [1.82, 2.24) is 9.47 Å². The van der Waals surface area contributed by atoms with Gasteiger partial charge in [0, 0.05) is 18.0 Å². The van der Waals surface area contributed by atoms with Gasteiger partial charge in [0.25, 0.3) is 21.6 Å². The maximum atomic E-state index is 13.4. The van der Waals surface area contributed by atoms with Crippen LogP contribution in [0.15, 0.2) is 34.0 Å². The van der Waals surface area contributed by atoms with Crippen molar-refractivity contribution >= 4 is 89.0 Å². The highest BCUT2D eigenvalue weighted by molar-refractivity contribution is 8.30. The van der Waals surface area contributed by atoms with E-state index < -0.39 is 34.3 Å². The molecule has 0 bridgehead atoms. The molecule has 2 aromatic rings. The molecule has 1 amide bonds. The fraction of sp³-hybridized carbons (Fsp3) is 0.263. The Balaban J connectivity index is 1.92. The van der Waals surface area contributed by atoms with Gasteiger partial charge in [0.05, 0.1) is 11.4 Å². The smallest absolute Gasteiger partial charge is 0.323 e. The largest absolute Gasteiger partial charge is 0.480 e. The molecule has 1 saturated heterocycles. The summed E-state index contributed by atoms with van der Waals surface area (Å²) in [5.41, 5.74) is 0.342. The number of aromatic nitrogens is 1. The van der Waals surface area contributed by atoms with Crippen molar-refractivity contribution in [2.24, 2.45) is 0 Å². The van der Waals surface area contributed by atoms with Gasteiger partial charge in [0.1, 0.15) is 30.0 Å². The third-order valence-corrected chi connectivity index (χ3v) is 9.68. The summed E-state index contributed by atoms with van der Waals surface area (Å²) in [6.07, 6.45) is 0. The Morgan fingerprint density at radius 3 is 2.50 bits per heavy atom. The summed E-state index contributed by atoms with van der Waals surface area (Å²) in [6.45, 7) is 1.35. The Bertz CT molecular complexity index is 1510. The van der Waals surface area contributed by atoms with Gasteiger partial charge in [0.15, 0.2) is 0 Å². The number of carbonyl (C=O) groups excluding carboxylic acids is 1. The van der Waals surface area contributed by atoms with Gasteiger partial charge in [-0.25, -0.2) is 0 Å². The van der Waals surface area contributed by atoms with Crippen LogP contribution in [0.2, 0.25) is 0 Å². The number of thioether (sulfide) groups is 2. The summed E-state index contributed by atoms with van der Waals surface area (Å²) in [5.74, 6) is -2.32. The monoisotopic (exact) mass is 559 g/mol. The predicted molar refractivity (Wildman–Crippen MR) is 136 cm³/mol. The highest BCUT2D eigenvalue weighted by atomic mass is 32.2. The lowest BCUT2D eigenvalue weighted by Crippen LogP contribution is -2.36. The van der Waals surface area contributed by atoms with Crippen LogP contribution in [0.4, 0.5) is 5.69 Å². The molecule has 0 aliphatic carbocycles. The molecule has 1 aromatic heterocycles. The number of thiocarbonyl (C=S) groups is 1. The first-order chi connectivity index (χ1) is 16.0. The second-order valence-corrected chi connectivity index (χ2v) is 12.3. The number of carboxylic acids is 1. The number of aliphatic carboxylic acids is 1. The first kappa shape index (κ1) is 24.9. The lowest BCUT2D eigenvalue weighted by molar-refractivity contribution is -0.140. The number of carbonyl (C=O) groups is 2. The van der Waals surface area contributed by atoms with Gasteiger partial charge in [-0.05, 0) is 19.1 Å². The lowest BCUT2D eigenvalue weighted by Gasteiger charge is -2.18. The van der Waals surface area contributed by atoms with E-state index in [0.29, 0.717) is 19.9 Å². The molecule has 0 saturated carbocycles. The molecule has 15 heteroatoms. The van der Waals surface area contributed by atoms with Crippen LogP contribution in [0.25, 0.3) is 9.93 Å². The maximum Gasteiger partial charge on any atom is 0.323 e. The summed E-state index contributed by atoms with van der Waals surface area (Å²) in [5, 5.41) is 9.58. The average molecular weight is 560 g/mol. The molecule has 1 aromatic carbocycles. The van der Waals surface area contributed by atoms with Crippen LogP contribution in [0.1, 0.15) is 6.92 Å². The van der Waals surface area contributed by atoms with Gasteiger partial charge < -0.3 is 10.0 Å². The van der Waals surface area contributed by atoms with Crippen molar-refractivity contribution in [2.45, 2.75) is 18.4 Å². The fourth-order valence-corrected chi connectivity index (χ4v) is 7.78. The average Bonchev–Trinajstić information content (AvgIpc) is 3.38. The van der Waals surface area contributed by atoms with Crippen molar-refractivity contribution in [1.29, 1.82) is 0 Å². The highest BCUT2D eigenvalue weighted by Crippen LogP contribution is 2.46. The molecular formula is C19H17N3O7S5. The highest BCUT2D eigenvalue weighted by Gasteiger charge is 2.36. The number of rotatable bonds is 6. The zero-order valence-corrected chi connectivity index (χ0v) is 21.5. The normalized spacial score (nSPS) is 19.2. The van der Waals surface area contributed by atoms with E-state index in [-0.39, 0.29) is 27.9 Å². The first-order valence-corrected chi connectivity index (χ1v) is 14.2. The van der Waals surface area contributed by atoms with Crippen LogP contribution in [0.3, 0.4) is 0 Å². The summed E-state index contributed by atoms with van der Waals surface area (Å²) in [7, 11) is -4.24. The molecule has 1 fully saturated rings. The molecule has 0 atom stereocenters. The fourth-order valence-electron chi connectivity index (χ4n) is 3.43. The van der Waals surface area contributed by atoms with Gasteiger partial charge in [-0.1, -0.05) is 47.9 Å². The van der Waals surface area contributed by atoms with Gasteiger partial charge in [0.2, 0.25) is 0 Å². The van der Waals surface area contributed by atoms with Crippen LogP contribution < -0.4 is 19.7 Å². The standard InChI is InChI=1S/C19H17N3O7S5/c1-2-20-15(25)13(32-17(20)14-16(26)22(9-12(23)24)19(30)33-14)18-21(7-8-34(27,28)29)10-5-3-4-6-11(10)31-18/h3-6H,2,7-9H2,1H3,(H,23,24)(H,27,28,29)/b17-14+,18-13+. The van der Waals surface area contributed by atoms with E-state index in [0.717, 1.165) is 32.9 Å². The molecule has 10 nitrogen and oxygen atoms in total. The summed E-state index contributed by atoms with van der Waals surface area (Å²) >= 11 is 8.48. The maximum absolute atomic E-state index is 13.4. The minimum absolute atomic E-state index is 0.0717. The van der Waals surface area contributed by atoms with Gasteiger partial charge in [-0.15, -0.1) is 11.3 Å². The number of hydrogen-bond acceptors (Lipinski definition) is 10. The van der Waals surface area contributed by atoms with E-state index in [9.17, 15) is 27.4 Å². The van der Waals surface area contributed by atoms with Crippen LogP contribution in [0, 0.1) is 0 Å². The number of hydrogen-bond donors (Lipinski definition) is 2. The molecule has 2 aliphatic heterocycles. The topological polar surface area (TPSA) is 137 Å². The number of para-hydroxylation sites is 1. The van der Waals surface area contributed by atoms with E-state index in [1.807, 2.05) is 12.1 Å². The minimum Gasteiger partial charge on any atom is -0.480 e. The molecule has 34 heavy (non-hydrogen) atoms. The molecule has 4 rings (SSSR count). The van der Waals surface area contributed by atoms with Crippen LogP contribution in [-0.2, 0) is 26.3 Å². The third kappa shape index (κ3) is 4.67. The molecule has 0 spiro atoms. The Kier molecular flexibility index (Phi) is 6.94. The van der Waals surface area contributed by atoms with Crippen molar-refractivity contribution in [3.63, 3.8) is 0 Å². The Hall–Kier alpha value is -2.17. The first-order valence-electron chi connectivity index (χ1n) is 9.75. The Morgan fingerprint density at radius 2 is 1.85 bits per heavy atom. The van der Waals surface area contributed by atoms with Crippen LogP contribution >= 0.6 is 47.1 Å². The summed E-state index contributed by atoms with van der Waals surface area (Å²) < 4.78 is 34.3. The third-order valence-electron chi connectivity index (χ3n) is 4.91. The predicted octanol–water partition coefficient (Wildman–Crippen LogP) is 0.549. The van der Waals surface area contributed by atoms with E-state index in [1.165, 1.54) is 16.3 Å². The minimum atomic E-state index is -4.24. The SMILES string of the molecule is CCn1c(=O)/c(=C2\Sc3ccccc3N2CCS(=O)(=O)O)s/c1=C1/SC(=S)N(CC(=O)O)C1=O. The zero-order chi connectivity index (χ0) is 24.8.